The lowest BCUT2D eigenvalue weighted by Crippen LogP contribution is -2.38. The average Bonchev–Trinajstić information content (AvgIpc) is 2.37. The van der Waals surface area contributed by atoms with Crippen LogP contribution >= 0.6 is 0 Å². The third kappa shape index (κ3) is 1.72. The molecule has 0 aromatic heterocycles. The highest BCUT2D eigenvalue weighted by Gasteiger charge is 2.54. The molecule has 0 aromatic carbocycles. The summed E-state index contributed by atoms with van der Waals surface area (Å²) in [6.07, 6.45) is 0. The SMILES string of the molecule is CC1(C)OCC2(COC(C)(C)O2)O1. The van der Waals surface area contributed by atoms with E-state index in [1.54, 1.807) is 0 Å². The van der Waals surface area contributed by atoms with Crippen molar-refractivity contribution in [2.24, 2.45) is 0 Å². The number of rotatable bonds is 0. The lowest BCUT2D eigenvalue weighted by Gasteiger charge is -2.24. The summed E-state index contributed by atoms with van der Waals surface area (Å²) in [7, 11) is 0. The van der Waals surface area contributed by atoms with Crippen molar-refractivity contribution < 1.29 is 18.9 Å². The van der Waals surface area contributed by atoms with Crippen LogP contribution in [0.1, 0.15) is 27.7 Å². The van der Waals surface area contributed by atoms with Gasteiger partial charge in [-0.2, -0.15) is 0 Å². The Bertz CT molecular complexity index is 198. The Balaban J connectivity index is 2.10. The van der Waals surface area contributed by atoms with E-state index in [2.05, 4.69) is 0 Å². The van der Waals surface area contributed by atoms with E-state index >= 15 is 0 Å². The van der Waals surface area contributed by atoms with Gasteiger partial charge in [-0.25, -0.2) is 0 Å². The van der Waals surface area contributed by atoms with Gasteiger partial charge in [-0.1, -0.05) is 0 Å². The molecule has 0 saturated carbocycles. The summed E-state index contributed by atoms with van der Waals surface area (Å²) >= 11 is 0. The Morgan fingerprint density at radius 1 is 0.769 bits per heavy atom. The molecule has 4 nitrogen and oxygen atoms in total. The zero-order chi connectivity index (χ0) is 9.74. The van der Waals surface area contributed by atoms with Gasteiger partial charge in [0, 0.05) is 0 Å². The highest BCUT2D eigenvalue weighted by atomic mass is 16.9. The van der Waals surface area contributed by atoms with Crippen LogP contribution in [0.4, 0.5) is 0 Å². The van der Waals surface area contributed by atoms with E-state index in [9.17, 15) is 0 Å². The molecule has 4 heteroatoms. The van der Waals surface area contributed by atoms with Gasteiger partial charge in [0.15, 0.2) is 11.6 Å². The van der Waals surface area contributed by atoms with E-state index in [1.165, 1.54) is 0 Å². The first-order chi connectivity index (χ1) is 5.83. The van der Waals surface area contributed by atoms with Crippen molar-refractivity contribution in [3.8, 4) is 0 Å². The van der Waals surface area contributed by atoms with Gasteiger partial charge in [-0.3, -0.25) is 0 Å². The minimum atomic E-state index is -0.688. The van der Waals surface area contributed by atoms with Gasteiger partial charge in [0.25, 0.3) is 0 Å². The molecule has 0 bridgehead atoms. The van der Waals surface area contributed by atoms with E-state index in [-0.39, 0.29) is 0 Å². The molecule has 2 fully saturated rings. The van der Waals surface area contributed by atoms with Crippen LogP contribution < -0.4 is 0 Å². The Kier molecular flexibility index (Phi) is 1.77. The van der Waals surface area contributed by atoms with E-state index in [0.717, 1.165) is 0 Å². The van der Waals surface area contributed by atoms with E-state index in [1.807, 2.05) is 27.7 Å². The second-order valence-electron chi connectivity index (χ2n) is 4.49. The van der Waals surface area contributed by atoms with Gasteiger partial charge in [0.2, 0.25) is 5.79 Å². The average molecular weight is 188 g/mol. The molecular weight excluding hydrogens is 172 g/mol. The molecule has 0 aromatic rings. The third-order valence-corrected chi connectivity index (χ3v) is 2.14. The van der Waals surface area contributed by atoms with E-state index in [4.69, 9.17) is 18.9 Å². The van der Waals surface area contributed by atoms with Crippen LogP contribution in [0.2, 0.25) is 0 Å². The minimum Gasteiger partial charge on any atom is -0.345 e. The molecule has 2 heterocycles. The first-order valence-corrected chi connectivity index (χ1v) is 4.51. The number of ether oxygens (including phenoxy) is 4. The summed E-state index contributed by atoms with van der Waals surface area (Å²) in [6, 6.07) is 0. The van der Waals surface area contributed by atoms with E-state index in [0.29, 0.717) is 13.2 Å². The predicted octanol–water partition coefficient (Wildman–Crippen LogP) is 1.25. The molecule has 0 aliphatic carbocycles. The molecule has 1 spiro atoms. The Morgan fingerprint density at radius 3 is 1.38 bits per heavy atom. The lowest BCUT2D eigenvalue weighted by molar-refractivity contribution is -0.262. The van der Waals surface area contributed by atoms with Crippen molar-refractivity contribution in [3.05, 3.63) is 0 Å². The van der Waals surface area contributed by atoms with Crippen molar-refractivity contribution >= 4 is 0 Å². The van der Waals surface area contributed by atoms with Crippen molar-refractivity contribution in [1.29, 1.82) is 0 Å². The standard InChI is InChI=1S/C9H16O4/c1-7(2)10-5-9(12-7)6-11-8(3,4)13-9/h5-6H2,1-4H3. The van der Waals surface area contributed by atoms with Crippen LogP contribution in [0.25, 0.3) is 0 Å². The van der Waals surface area contributed by atoms with Crippen molar-refractivity contribution in [3.63, 3.8) is 0 Å². The Morgan fingerprint density at radius 2 is 1.15 bits per heavy atom. The van der Waals surface area contributed by atoms with Gasteiger partial charge in [-0.05, 0) is 27.7 Å². The fraction of sp³-hybridized carbons (Fsp3) is 1.00. The first kappa shape index (κ1) is 9.40. The van der Waals surface area contributed by atoms with Gasteiger partial charge in [-0.15, -0.1) is 0 Å². The fourth-order valence-corrected chi connectivity index (χ4v) is 1.70. The van der Waals surface area contributed by atoms with Crippen molar-refractivity contribution in [2.45, 2.75) is 45.1 Å². The fourth-order valence-electron chi connectivity index (χ4n) is 1.70. The quantitative estimate of drug-likeness (QED) is 0.573. The predicted molar refractivity (Wildman–Crippen MR) is 45.0 cm³/mol. The summed E-state index contributed by atoms with van der Waals surface area (Å²) in [5, 5.41) is 0. The zero-order valence-corrected chi connectivity index (χ0v) is 8.55. The number of hydrogen-bond acceptors (Lipinski definition) is 4. The Labute approximate surface area is 78.1 Å². The second kappa shape index (κ2) is 2.45. The van der Waals surface area contributed by atoms with E-state index < -0.39 is 17.4 Å². The molecule has 0 unspecified atom stereocenters. The van der Waals surface area contributed by atoms with Gasteiger partial charge in [0.1, 0.15) is 13.2 Å². The molecule has 13 heavy (non-hydrogen) atoms. The van der Waals surface area contributed by atoms with Crippen LogP contribution in [0.15, 0.2) is 0 Å². The molecular formula is C9H16O4. The monoisotopic (exact) mass is 188 g/mol. The molecule has 2 aliphatic heterocycles. The Hall–Kier alpha value is -0.160. The zero-order valence-electron chi connectivity index (χ0n) is 8.55. The van der Waals surface area contributed by atoms with Crippen LogP contribution in [0.5, 0.6) is 0 Å². The molecule has 0 amide bonds. The van der Waals surface area contributed by atoms with Crippen LogP contribution in [0, 0.1) is 0 Å². The van der Waals surface area contributed by atoms with Gasteiger partial charge in [0.05, 0.1) is 0 Å². The highest BCUT2D eigenvalue weighted by Crippen LogP contribution is 2.40. The van der Waals surface area contributed by atoms with Gasteiger partial charge < -0.3 is 18.9 Å². The summed E-state index contributed by atoms with van der Waals surface area (Å²) < 4.78 is 22.2. The maximum Gasteiger partial charge on any atom is 0.221 e. The summed E-state index contributed by atoms with van der Waals surface area (Å²) in [4.78, 5) is 0. The lowest BCUT2D eigenvalue weighted by atomic mass is 10.3. The van der Waals surface area contributed by atoms with Crippen LogP contribution in [-0.2, 0) is 18.9 Å². The topological polar surface area (TPSA) is 36.9 Å². The smallest absolute Gasteiger partial charge is 0.221 e. The second-order valence-corrected chi connectivity index (χ2v) is 4.49. The third-order valence-electron chi connectivity index (χ3n) is 2.14. The molecule has 2 saturated heterocycles. The van der Waals surface area contributed by atoms with Crippen molar-refractivity contribution in [2.75, 3.05) is 13.2 Å². The first-order valence-electron chi connectivity index (χ1n) is 4.51. The molecule has 2 rings (SSSR count). The summed E-state index contributed by atoms with van der Waals surface area (Å²) in [5.41, 5.74) is 0. The largest absolute Gasteiger partial charge is 0.345 e. The van der Waals surface area contributed by atoms with Crippen LogP contribution in [-0.4, -0.2) is 30.6 Å². The molecule has 0 radical (unpaired) electrons. The van der Waals surface area contributed by atoms with Gasteiger partial charge >= 0.3 is 0 Å². The number of hydrogen-bond donors (Lipinski definition) is 0. The van der Waals surface area contributed by atoms with Crippen LogP contribution in [0.3, 0.4) is 0 Å². The maximum absolute atomic E-state index is 5.66. The highest BCUT2D eigenvalue weighted by molar-refractivity contribution is 4.85. The molecule has 76 valence electrons. The molecule has 0 atom stereocenters. The normalized spacial score (nSPS) is 34.2. The van der Waals surface area contributed by atoms with Crippen molar-refractivity contribution in [1.82, 2.24) is 0 Å². The molecule has 2 aliphatic rings. The summed E-state index contributed by atoms with van der Waals surface area (Å²) in [5.74, 6) is -1.82. The summed E-state index contributed by atoms with van der Waals surface area (Å²) in [6.45, 7) is 8.35. The molecule has 0 N–H and O–H groups in total. The minimum absolute atomic E-state index is 0.434. The maximum atomic E-state index is 5.66.